The lowest BCUT2D eigenvalue weighted by Crippen LogP contribution is -2.41. The molecule has 3 rings (SSSR count). The summed E-state index contributed by atoms with van der Waals surface area (Å²) in [5, 5.41) is 3.39. The van der Waals surface area contributed by atoms with Crippen LogP contribution in [0, 0.1) is 0 Å². The van der Waals surface area contributed by atoms with Gasteiger partial charge < -0.3 is 19.5 Å². The zero-order valence-corrected chi connectivity index (χ0v) is 12.1. The molecule has 2 fully saturated rings. The molecule has 0 bridgehead atoms. The third-order valence-corrected chi connectivity index (χ3v) is 4.36. The van der Waals surface area contributed by atoms with Gasteiger partial charge >= 0.3 is 0 Å². The molecule has 0 aromatic heterocycles. The Labute approximate surface area is 120 Å². The SMILES string of the molecule is COc1ccccc1COC1COC2(CCNCC2)C1. The molecular weight excluding hydrogens is 254 g/mol. The maximum atomic E-state index is 6.04. The van der Waals surface area contributed by atoms with Crippen LogP contribution in [-0.4, -0.2) is 38.5 Å². The Morgan fingerprint density at radius 2 is 2.10 bits per heavy atom. The van der Waals surface area contributed by atoms with Crippen molar-refractivity contribution in [3.05, 3.63) is 29.8 Å². The Balaban J connectivity index is 1.54. The van der Waals surface area contributed by atoms with E-state index in [0.29, 0.717) is 6.61 Å². The van der Waals surface area contributed by atoms with E-state index in [1.165, 1.54) is 0 Å². The maximum absolute atomic E-state index is 6.04. The number of rotatable bonds is 4. The number of hydrogen-bond acceptors (Lipinski definition) is 4. The summed E-state index contributed by atoms with van der Waals surface area (Å²) in [5.41, 5.74) is 1.16. The van der Waals surface area contributed by atoms with Gasteiger partial charge in [-0.2, -0.15) is 0 Å². The molecule has 2 aliphatic rings. The van der Waals surface area contributed by atoms with Gasteiger partial charge in [-0.1, -0.05) is 18.2 Å². The number of piperidine rings is 1. The molecule has 2 aliphatic heterocycles. The smallest absolute Gasteiger partial charge is 0.124 e. The van der Waals surface area contributed by atoms with E-state index in [2.05, 4.69) is 11.4 Å². The van der Waals surface area contributed by atoms with Gasteiger partial charge in [-0.15, -0.1) is 0 Å². The van der Waals surface area contributed by atoms with E-state index in [1.54, 1.807) is 7.11 Å². The van der Waals surface area contributed by atoms with Crippen molar-refractivity contribution in [2.45, 2.75) is 37.6 Å². The number of benzene rings is 1. The van der Waals surface area contributed by atoms with Crippen LogP contribution < -0.4 is 10.1 Å². The number of para-hydroxylation sites is 1. The Kier molecular flexibility index (Phi) is 4.24. The summed E-state index contributed by atoms with van der Waals surface area (Å²) >= 11 is 0. The van der Waals surface area contributed by atoms with Crippen LogP contribution in [0.5, 0.6) is 5.75 Å². The van der Waals surface area contributed by atoms with Gasteiger partial charge in [0.1, 0.15) is 5.75 Å². The van der Waals surface area contributed by atoms with E-state index in [4.69, 9.17) is 14.2 Å². The van der Waals surface area contributed by atoms with Crippen molar-refractivity contribution in [2.75, 3.05) is 26.8 Å². The van der Waals surface area contributed by atoms with Gasteiger partial charge in [-0.25, -0.2) is 0 Å². The first-order chi connectivity index (χ1) is 9.81. The molecule has 0 radical (unpaired) electrons. The summed E-state index contributed by atoms with van der Waals surface area (Å²) in [6.45, 7) is 3.42. The van der Waals surface area contributed by atoms with Gasteiger partial charge in [0.2, 0.25) is 0 Å². The molecule has 20 heavy (non-hydrogen) atoms. The van der Waals surface area contributed by atoms with Gasteiger partial charge in [0.15, 0.2) is 0 Å². The predicted octanol–water partition coefficient (Wildman–Crippen LogP) is 2.12. The van der Waals surface area contributed by atoms with Crippen molar-refractivity contribution < 1.29 is 14.2 Å². The zero-order valence-electron chi connectivity index (χ0n) is 12.1. The fourth-order valence-corrected chi connectivity index (χ4v) is 3.17. The summed E-state index contributed by atoms with van der Waals surface area (Å²) < 4.78 is 17.4. The monoisotopic (exact) mass is 277 g/mol. The van der Waals surface area contributed by atoms with Crippen LogP contribution in [0.4, 0.5) is 0 Å². The summed E-state index contributed by atoms with van der Waals surface area (Å²) in [4.78, 5) is 0. The maximum Gasteiger partial charge on any atom is 0.124 e. The van der Waals surface area contributed by atoms with Crippen molar-refractivity contribution in [3.63, 3.8) is 0 Å². The minimum atomic E-state index is 0.0662. The molecular formula is C16H23NO3. The normalized spacial score (nSPS) is 24.9. The van der Waals surface area contributed by atoms with Gasteiger partial charge in [-0.05, 0) is 32.0 Å². The van der Waals surface area contributed by atoms with Crippen LogP contribution in [0.2, 0.25) is 0 Å². The summed E-state index contributed by atoms with van der Waals surface area (Å²) in [7, 11) is 1.70. The number of ether oxygens (including phenoxy) is 3. The van der Waals surface area contributed by atoms with E-state index in [-0.39, 0.29) is 11.7 Å². The Morgan fingerprint density at radius 1 is 1.30 bits per heavy atom. The molecule has 1 aromatic rings. The molecule has 1 unspecified atom stereocenters. The quantitative estimate of drug-likeness (QED) is 0.915. The average molecular weight is 277 g/mol. The van der Waals surface area contributed by atoms with E-state index in [0.717, 1.165) is 50.3 Å². The average Bonchev–Trinajstić information content (AvgIpc) is 2.89. The second kappa shape index (κ2) is 6.12. The molecule has 0 aliphatic carbocycles. The molecule has 1 atom stereocenters. The first-order valence-electron chi connectivity index (χ1n) is 7.39. The van der Waals surface area contributed by atoms with Crippen molar-refractivity contribution in [3.8, 4) is 5.75 Å². The summed E-state index contributed by atoms with van der Waals surface area (Å²) in [6, 6.07) is 8.01. The highest BCUT2D eigenvalue weighted by Gasteiger charge is 2.41. The van der Waals surface area contributed by atoms with Gasteiger partial charge in [0.05, 0.1) is 32.0 Å². The number of hydrogen-bond donors (Lipinski definition) is 1. The van der Waals surface area contributed by atoms with Gasteiger partial charge in [0, 0.05) is 12.0 Å². The van der Waals surface area contributed by atoms with E-state index in [9.17, 15) is 0 Å². The second-order valence-electron chi connectivity index (χ2n) is 5.69. The molecule has 4 heteroatoms. The minimum absolute atomic E-state index is 0.0662. The molecule has 110 valence electrons. The molecule has 0 amide bonds. The molecule has 4 nitrogen and oxygen atoms in total. The number of nitrogens with one attached hydrogen (secondary N) is 1. The van der Waals surface area contributed by atoms with Crippen LogP contribution in [-0.2, 0) is 16.1 Å². The van der Waals surface area contributed by atoms with Crippen LogP contribution >= 0.6 is 0 Å². The van der Waals surface area contributed by atoms with Crippen LogP contribution in [0.25, 0.3) is 0 Å². The topological polar surface area (TPSA) is 39.7 Å². The highest BCUT2D eigenvalue weighted by atomic mass is 16.6. The van der Waals surface area contributed by atoms with Crippen molar-refractivity contribution in [1.29, 1.82) is 0 Å². The molecule has 1 N–H and O–H groups in total. The molecule has 0 saturated carbocycles. The van der Waals surface area contributed by atoms with Crippen molar-refractivity contribution in [1.82, 2.24) is 5.32 Å². The van der Waals surface area contributed by atoms with E-state index in [1.807, 2.05) is 18.2 Å². The lowest BCUT2D eigenvalue weighted by atomic mass is 9.89. The highest BCUT2D eigenvalue weighted by molar-refractivity contribution is 5.32. The zero-order chi connectivity index (χ0) is 13.8. The number of methoxy groups -OCH3 is 1. The lowest BCUT2D eigenvalue weighted by molar-refractivity contribution is -0.0241. The minimum Gasteiger partial charge on any atom is -0.496 e. The Bertz CT molecular complexity index is 443. The van der Waals surface area contributed by atoms with Crippen molar-refractivity contribution in [2.24, 2.45) is 0 Å². The van der Waals surface area contributed by atoms with Crippen LogP contribution in [0.1, 0.15) is 24.8 Å². The largest absolute Gasteiger partial charge is 0.496 e. The third kappa shape index (κ3) is 2.97. The lowest BCUT2D eigenvalue weighted by Gasteiger charge is -2.32. The van der Waals surface area contributed by atoms with Gasteiger partial charge in [0.25, 0.3) is 0 Å². The standard InChI is InChI=1S/C16H23NO3/c1-18-15-5-3-2-4-13(15)11-19-14-10-16(20-12-14)6-8-17-9-7-16/h2-5,14,17H,6-12H2,1H3. The molecule has 1 spiro atoms. The summed E-state index contributed by atoms with van der Waals surface area (Å²) in [6.07, 6.45) is 3.42. The fraction of sp³-hybridized carbons (Fsp3) is 0.625. The predicted molar refractivity (Wildman–Crippen MR) is 77.0 cm³/mol. The molecule has 2 saturated heterocycles. The second-order valence-corrected chi connectivity index (χ2v) is 5.69. The van der Waals surface area contributed by atoms with Crippen LogP contribution in [0.3, 0.4) is 0 Å². The first kappa shape index (κ1) is 13.9. The van der Waals surface area contributed by atoms with Crippen molar-refractivity contribution >= 4 is 0 Å². The third-order valence-electron chi connectivity index (χ3n) is 4.36. The van der Waals surface area contributed by atoms with Gasteiger partial charge in [-0.3, -0.25) is 0 Å². The molecule has 2 heterocycles. The highest BCUT2D eigenvalue weighted by Crippen LogP contribution is 2.35. The molecule has 1 aromatic carbocycles. The van der Waals surface area contributed by atoms with Crippen LogP contribution in [0.15, 0.2) is 24.3 Å². The summed E-state index contributed by atoms with van der Waals surface area (Å²) in [5.74, 6) is 0.892. The fourth-order valence-electron chi connectivity index (χ4n) is 3.17. The van der Waals surface area contributed by atoms with E-state index >= 15 is 0 Å². The first-order valence-corrected chi connectivity index (χ1v) is 7.39. The van der Waals surface area contributed by atoms with E-state index < -0.39 is 0 Å². The Hall–Kier alpha value is -1.10. The Morgan fingerprint density at radius 3 is 2.90 bits per heavy atom.